The van der Waals surface area contributed by atoms with E-state index in [-0.39, 0.29) is 29.7 Å². The molecule has 0 aliphatic heterocycles. The SMILES string of the molecule is CC[C@@H](C)NC(=O)[C@H](Cc1ccccc1)N(Cc1ccc(Cl)c(Cl)c1)C(=O)CN(c1ccc(F)c(F)c1)S(C)(=O)=O. The van der Waals surface area contributed by atoms with Crippen LogP contribution in [0.1, 0.15) is 31.4 Å². The van der Waals surface area contributed by atoms with Crippen LogP contribution in [0.15, 0.2) is 66.7 Å². The number of rotatable bonds is 12. The molecule has 0 aliphatic rings. The van der Waals surface area contributed by atoms with Crippen molar-refractivity contribution in [2.45, 2.75) is 45.3 Å². The first kappa shape index (κ1) is 32.3. The lowest BCUT2D eigenvalue weighted by molar-refractivity contribution is -0.140. The summed E-state index contributed by atoms with van der Waals surface area (Å²) in [5, 5.41) is 3.45. The maximum absolute atomic E-state index is 14.0. The third-order valence-electron chi connectivity index (χ3n) is 6.48. The smallest absolute Gasteiger partial charge is 0.244 e. The molecule has 220 valence electrons. The molecule has 2 atom stereocenters. The standard InChI is InChI=1S/C29H31Cl2F2N3O4S/c1-4-19(2)34-29(38)27(15-20-8-6-5-7-9-20)35(17-21-10-12-23(30)24(31)14-21)28(37)18-36(41(3,39)40)22-11-13-25(32)26(33)16-22/h5-14,16,19,27H,4,15,17-18H2,1-3H3,(H,34,38)/t19-,27+/m1/s1. The van der Waals surface area contributed by atoms with Crippen molar-refractivity contribution in [3.05, 3.63) is 99.5 Å². The van der Waals surface area contributed by atoms with Crippen molar-refractivity contribution in [3.8, 4) is 0 Å². The largest absolute Gasteiger partial charge is 0.352 e. The molecule has 3 rings (SSSR count). The number of sulfonamides is 1. The number of benzene rings is 3. The third kappa shape index (κ3) is 8.89. The zero-order chi connectivity index (χ0) is 30.3. The van der Waals surface area contributed by atoms with Crippen molar-refractivity contribution in [1.29, 1.82) is 0 Å². The van der Waals surface area contributed by atoms with E-state index in [1.165, 1.54) is 4.90 Å². The van der Waals surface area contributed by atoms with Gasteiger partial charge in [0, 0.05) is 25.1 Å². The summed E-state index contributed by atoms with van der Waals surface area (Å²) in [6.07, 6.45) is 1.62. The van der Waals surface area contributed by atoms with Gasteiger partial charge in [-0.3, -0.25) is 13.9 Å². The molecule has 2 amide bonds. The average Bonchev–Trinajstić information content (AvgIpc) is 2.92. The first-order valence-electron chi connectivity index (χ1n) is 12.8. The van der Waals surface area contributed by atoms with E-state index < -0.39 is 46.1 Å². The average molecular weight is 627 g/mol. The lowest BCUT2D eigenvalue weighted by atomic mass is 10.0. The van der Waals surface area contributed by atoms with Crippen LogP contribution >= 0.6 is 23.2 Å². The van der Waals surface area contributed by atoms with Crippen molar-refractivity contribution in [3.63, 3.8) is 0 Å². The molecule has 0 spiro atoms. The molecule has 3 aromatic rings. The van der Waals surface area contributed by atoms with E-state index in [2.05, 4.69) is 5.32 Å². The van der Waals surface area contributed by atoms with Crippen molar-refractivity contribution in [1.82, 2.24) is 10.2 Å². The number of amides is 2. The first-order valence-corrected chi connectivity index (χ1v) is 15.4. The van der Waals surface area contributed by atoms with Crippen LogP contribution in [-0.2, 0) is 32.6 Å². The second-order valence-electron chi connectivity index (χ2n) is 9.66. The molecular formula is C29H31Cl2F2N3O4S. The van der Waals surface area contributed by atoms with Gasteiger partial charge in [0.15, 0.2) is 11.6 Å². The minimum absolute atomic E-state index is 0.115. The first-order chi connectivity index (χ1) is 19.3. The highest BCUT2D eigenvalue weighted by Crippen LogP contribution is 2.26. The molecule has 3 aromatic carbocycles. The lowest BCUT2D eigenvalue weighted by Crippen LogP contribution is -2.54. The molecule has 0 heterocycles. The Kier molecular flexibility index (Phi) is 11.1. The predicted octanol–water partition coefficient (Wildman–Crippen LogP) is 5.59. The molecule has 0 aliphatic carbocycles. The Bertz CT molecular complexity index is 1490. The Labute approximate surface area is 249 Å². The molecule has 12 heteroatoms. The minimum Gasteiger partial charge on any atom is -0.352 e. The maximum Gasteiger partial charge on any atom is 0.244 e. The van der Waals surface area contributed by atoms with Crippen LogP contribution < -0.4 is 9.62 Å². The molecule has 1 N–H and O–H groups in total. The Morgan fingerprint density at radius 3 is 2.20 bits per heavy atom. The summed E-state index contributed by atoms with van der Waals surface area (Å²) in [5.74, 6) is -3.62. The molecule has 0 unspecified atom stereocenters. The second-order valence-corrected chi connectivity index (χ2v) is 12.4. The molecule has 0 aromatic heterocycles. The summed E-state index contributed by atoms with van der Waals surface area (Å²) in [4.78, 5) is 28.9. The van der Waals surface area contributed by atoms with Gasteiger partial charge in [-0.05, 0) is 48.7 Å². The van der Waals surface area contributed by atoms with Crippen LogP contribution in [0.4, 0.5) is 14.5 Å². The second kappa shape index (κ2) is 14.1. The van der Waals surface area contributed by atoms with Gasteiger partial charge in [-0.25, -0.2) is 17.2 Å². The van der Waals surface area contributed by atoms with Crippen LogP contribution in [0, 0.1) is 11.6 Å². The van der Waals surface area contributed by atoms with E-state index in [4.69, 9.17) is 23.2 Å². The van der Waals surface area contributed by atoms with Gasteiger partial charge in [-0.15, -0.1) is 0 Å². The fourth-order valence-electron chi connectivity index (χ4n) is 4.08. The van der Waals surface area contributed by atoms with Gasteiger partial charge in [0.2, 0.25) is 21.8 Å². The molecule has 0 saturated heterocycles. The summed E-state index contributed by atoms with van der Waals surface area (Å²) >= 11 is 12.3. The number of hydrogen-bond acceptors (Lipinski definition) is 4. The van der Waals surface area contributed by atoms with Crippen LogP contribution in [0.5, 0.6) is 0 Å². The number of carbonyl (C=O) groups excluding carboxylic acids is 2. The van der Waals surface area contributed by atoms with Gasteiger partial charge in [0.05, 0.1) is 22.0 Å². The van der Waals surface area contributed by atoms with Crippen LogP contribution in [-0.4, -0.2) is 50.0 Å². The predicted molar refractivity (Wildman–Crippen MR) is 157 cm³/mol. The number of hydrogen-bond donors (Lipinski definition) is 1. The van der Waals surface area contributed by atoms with E-state index in [0.29, 0.717) is 27.4 Å². The number of anilines is 1. The van der Waals surface area contributed by atoms with Gasteiger partial charge in [-0.1, -0.05) is 66.5 Å². The van der Waals surface area contributed by atoms with Crippen LogP contribution in [0.2, 0.25) is 10.0 Å². The van der Waals surface area contributed by atoms with Crippen molar-refractivity contribution >= 4 is 50.7 Å². The van der Waals surface area contributed by atoms with E-state index in [9.17, 15) is 26.8 Å². The Balaban J connectivity index is 2.09. The quantitative estimate of drug-likeness (QED) is 0.284. The number of nitrogens with zero attached hydrogens (tertiary/aromatic N) is 2. The van der Waals surface area contributed by atoms with Crippen LogP contribution in [0.25, 0.3) is 0 Å². The summed E-state index contributed by atoms with van der Waals surface area (Å²) in [7, 11) is -4.13. The van der Waals surface area contributed by atoms with E-state index in [0.717, 1.165) is 24.0 Å². The number of carbonyl (C=O) groups is 2. The van der Waals surface area contributed by atoms with Crippen LogP contribution in [0.3, 0.4) is 0 Å². The maximum atomic E-state index is 14.0. The van der Waals surface area contributed by atoms with Crippen molar-refractivity contribution < 1.29 is 26.8 Å². The minimum atomic E-state index is -4.13. The van der Waals surface area contributed by atoms with Gasteiger partial charge in [0.1, 0.15) is 12.6 Å². The molecule has 0 bridgehead atoms. The number of halogens is 4. The fraction of sp³-hybridized carbons (Fsp3) is 0.310. The van der Waals surface area contributed by atoms with Crippen molar-refractivity contribution in [2.24, 2.45) is 0 Å². The molecule has 0 saturated carbocycles. The normalized spacial score (nSPS) is 12.9. The summed E-state index contributed by atoms with van der Waals surface area (Å²) in [6, 6.07) is 15.1. The van der Waals surface area contributed by atoms with Gasteiger partial charge in [0.25, 0.3) is 0 Å². The van der Waals surface area contributed by atoms with E-state index in [1.807, 2.05) is 32.0 Å². The van der Waals surface area contributed by atoms with E-state index >= 15 is 0 Å². The van der Waals surface area contributed by atoms with Crippen molar-refractivity contribution in [2.75, 3.05) is 17.1 Å². The monoisotopic (exact) mass is 625 g/mol. The fourth-order valence-corrected chi connectivity index (χ4v) is 5.25. The highest BCUT2D eigenvalue weighted by atomic mass is 35.5. The molecular weight excluding hydrogens is 595 g/mol. The third-order valence-corrected chi connectivity index (χ3v) is 8.36. The summed E-state index contributed by atoms with van der Waals surface area (Å²) in [6.45, 7) is 2.85. The molecule has 41 heavy (non-hydrogen) atoms. The van der Waals surface area contributed by atoms with Gasteiger partial charge < -0.3 is 10.2 Å². The van der Waals surface area contributed by atoms with Gasteiger partial charge in [-0.2, -0.15) is 0 Å². The highest BCUT2D eigenvalue weighted by molar-refractivity contribution is 7.92. The number of nitrogens with one attached hydrogen (secondary N) is 1. The van der Waals surface area contributed by atoms with E-state index in [1.54, 1.807) is 30.3 Å². The lowest BCUT2D eigenvalue weighted by Gasteiger charge is -2.34. The Hall–Kier alpha value is -3.21. The molecule has 0 fully saturated rings. The van der Waals surface area contributed by atoms with Gasteiger partial charge >= 0.3 is 0 Å². The summed E-state index contributed by atoms with van der Waals surface area (Å²) < 4.78 is 53.8. The highest BCUT2D eigenvalue weighted by Gasteiger charge is 2.33. The zero-order valence-electron chi connectivity index (χ0n) is 22.8. The molecule has 7 nitrogen and oxygen atoms in total. The Morgan fingerprint density at radius 2 is 1.61 bits per heavy atom. The topological polar surface area (TPSA) is 86.8 Å². The zero-order valence-corrected chi connectivity index (χ0v) is 25.1. The molecule has 0 radical (unpaired) electrons. The summed E-state index contributed by atoms with van der Waals surface area (Å²) in [5.41, 5.74) is 1.07. The Morgan fingerprint density at radius 1 is 0.927 bits per heavy atom.